The fraction of sp³-hybridized carbons (Fsp3) is 0.200. The summed E-state index contributed by atoms with van der Waals surface area (Å²) in [5.41, 5.74) is 3.33. The summed E-state index contributed by atoms with van der Waals surface area (Å²) in [6, 6.07) is 19.4. The highest BCUT2D eigenvalue weighted by atomic mass is 35.5. The van der Waals surface area contributed by atoms with Gasteiger partial charge in [0.15, 0.2) is 11.6 Å². The van der Waals surface area contributed by atoms with E-state index in [2.05, 4.69) is 41.7 Å². The van der Waals surface area contributed by atoms with Crippen LogP contribution in [0.3, 0.4) is 0 Å². The van der Waals surface area contributed by atoms with E-state index in [1.54, 1.807) is 36.4 Å². The highest BCUT2D eigenvalue weighted by molar-refractivity contribution is 6.32. The molecule has 0 aliphatic rings. The molecule has 2 unspecified atom stereocenters. The maximum absolute atomic E-state index is 13.4. The van der Waals surface area contributed by atoms with Gasteiger partial charge in [0.05, 0.1) is 25.6 Å². The lowest BCUT2D eigenvalue weighted by Crippen LogP contribution is -2.32. The second kappa shape index (κ2) is 23.7. The number of methoxy groups -OCH3 is 2. The first-order valence-corrected chi connectivity index (χ1v) is 21.7. The number of benzene rings is 5. The minimum Gasteiger partial charge on any atom is -0.497 e. The Labute approximate surface area is 403 Å². The summed E-state index contributed by atoms with van der Waals surface area (Å²) in [6.07, 6.45) is 0. The number of rotatable bonds is 19. The number of hydrogen-bond acceptors (Lipinski definition) is 12. The lowest BCUT2D eigenvalue weighted by molar-refractivity contribution is -0.127. The van der Waals surface area contributed by atoms with Crippen LogP contribution in [0.1, 0.15) is 51.3 Å². The zero-order valence-electron chi connectivity index (χ0n) is 35.4. The van der Waals surface area contributed by atoms with Crippen molar-refractivity contribution in [2.75, 3.05) is 35.5 Å². The van der Waals surface area contributed by atoms with Crippen LogP contribution < -0.4 is 30.7 Å². The largest absolute Gasteiger partial charge is 0.497 e. The summed E-state index contributed by atoms with van der Waals surface area (Å²) in [6.45, 7) is 2.30. The van der Waals surface area contributed by atoms with E-state index < -0.39 is 47.3 Å². The lowest BCUT2D eigenvalue weighted by Gasteiger charge is -2.15. The average molecular weight is 997 g/mol. The van der Waals surface area contributed by atoms with Gasteiger partial charge in [0.1, 0.15) is 11.5 Å². The number of azo groups is 2. The molecule has 16 nitrogen and oxygen atoms in total. The number of anilines is 4. The van der Waals surface area contributed by atoms with Crippen molar-refractivity contribution in [2.24, 2.45) is 20.5 Å². The molecule has 5 aromatic rings. The molecule has 0 radical (unpaired) electrons. The van der Waals surface area contributed by atoms with Gasteiger partial charge in [-0.05, 0) is 109 Å². The molecule has 66 heavy (non-hydrogen) atoms. The first kappa shape index (κ1) is 50.6. The van der Waals surface area contributed by atoms with Gasteiger partial charge in [0, 0.05) is 73.7 Å². The number of Topliss-reactive ketones (excluding diaryl/α,β-unsaturated/α-hetero) is 2. The fourth-order valence-corrected chi connectivity index (χ4v) is 6.98. The second-order valence-corrected chi connectivity index (χ2v) is 15.8. The van der Waals surface area contributed by atoms with E-state index in [9.17, 15) is 28.8 Å². The Kier molecular flexibility index (Phi) is 18.1. The number of nitrogens with zero attached hydrogens (tertiary/aromatic N) is 4. The first-order valence-electron chi connectivity index (χ1n) is 19.4. The van der Waals surface area contributed by atoms with Crippen molar-refractivity contribution in [2.45, 2.75) is 43.6 Å². The Morgan fingerprint density at radius 1 is 0.530 bits per heavy atom. The van der Waals surface area contributed by atoms with Crippen LogP contribution >= 0.6 is 58.0 Å². The molecule has 5 aromatic carbocycles. The van der Waals surface area contributed by atoms with E-state index in [1.807, 2.05) is 0 Å². The fourth-order valence-electron chi connectivity index (χ4n) is 5.99. The molecule has 4 amide bonds. The predicted molar refractivity (Wildman–Crippen MR) is 255 cm³/mol. The molecular formula is C45H39Cl5N8O8. The van der Waals surface area contributed by atoms with Crippen LogP contribution in [-0.2, 0) is 36.8 Å². The minimum atomic E-state index is -1.63. The van der Waals surface area contributed by atoms with Gasteiger partial charge in [-0.3, -0.25) is 28.8 Å². The maximum Gasteiger partial charge on any atom is 0.258 e. The molecule has 4 N–H and O–H groups in total. The topological polar surface area (TPSA) is 218 Å². The third-order valence-corrected chi connectivity index (χ3v) is 10.5. The van der Waals surface area contributed by atoms with Gasteiger partial charge in [0.25, 0.3) is 23.6 Å². The Hall–Kier alpha value is -6.43. The molecule has 0 heterocycles. The number of amides is 4. The number of ether oxygens (including phenoxy) is 2. The third-order valence-electron chi connectivity index (χ3n) is 9.14. The minimum absolute atomic E-state index is 0.0794. The van der Waals surface area contributed by atoms with E-state index in [0.717, 1.165) is 13.8 Å². The molecule has 0 aromatic heterocycles. The molecule has 5 rings (SSSR count). The number of alkyl halides is 3. The van der Waals surface area contributed by atoms with Crippen molar-refractivity contribution >= 4 is 127 Å². The Morgan fingerprint density at radius 3 is 1.39 bits per heavy atom. The van der Waals surface area contributed by atoms with Crippen molar-refractivity contribution in [1.82, 2.24) is 0 Å². The molecule has 0 aliphatic carbocycles. The van der Waals surface area contributed by atoms with Gasteiger partial charge in [-0.2, -0.15) is 20.5 Å². The summed E-state index contributed by atoms with van der Waals surface area (Å²) in [5.74, 6) is -2.91. The van der Waals surface area contributed by atoms with E-state index >= 15 is 0 Å². The first-order chi connectivity index (χ1) is 31.5. The monoisotopic (exact) mass is 994 g/mol. The van der Waals surface area contributed by atoms with Crippen molar-refractivity contribution in [3.8, 4) is 11.5 Å². The molecule has 0 saturated carbocycles. The molecule has 342 valence electrons. The highest BCUT2D eigenvalue weighted by Gasteiger charge is 2.26. The number of ketones is 2. The average Bonchev–Trinajstić information content (AvgIpc) is 3.28. The summed E-state index contributed by atoms with van der Waals surface area (Å²) in [7, 11) is 2.97. The number of nitrogens with one attached hydrogen (secondary N) is 4. The van der Waals surface area contributed by atoms with Gasteiger partial charge >= 0.3 is 0 Å². The van der Waals surface area contributed by atoms with Gasteiger partial charge < -0.3 is 30.7 Å². The number of carbonyl (C=O) groups is 6. The molecule has 0 saturated heterocycles. The van der Waals surface area contributed by atoms with Gasteiger partial charge in [-0.1, -0.05) is 23.2 Å². The normalized spacial score (nSPS) is 12.0. The Balaban J connectivity index is 1.26. The molecule has 2 atom stereocenters. The van der Waals surface area contributed by atoms with Crippen LogP contribution in [0.2, 0.25) is 10.0 Å². The van der Waals surface area contributed by atoms with Crippen molar-refractivity contribution in [3.05, 3.63) is 129 Å². The van der Waals surface area contributed by atoms with Crippen LogP contribution in [0, 0.1) is 0 Å². The van der Waals surface area contributed by atoms with Crippen LogP contribution in [0.4, 0.5) is 34.1 Å². The van der Waals surface area contributed by atoms with Crippen LogP contribution in [-0.4, -0.2) is 61.5 Å². The summed E-state index contributed by atoms with van der Waals surface area (Å²) < 4.78 is 10.6. The van der Waals surface area contributed by atoms with Crippen LogP contribution in [0.5, 0.6) is 11.5 Å². The van der Waals surface area contributed by atoms with E-state index in [0.29, 0.717) is 39.6 Å². The molecule has 0 fully saturated rings. The maximum atomic E-state index is 13.4. The molecule has 0 spiro atoms. The molecule has 0 bridgehead atoms. The number of halogens is 5. The van der Waals surface area contributed by atoms with Crippen molar-refractivity contribution in [3.63, 3.8) is 0 Å². The van der Waals surface area contributed by atoms with Gasteiger partial charge in [0.2, 0.25) is 12.1 Å². The summed E-state index contributed by atoms with van der Waals surface area (Å²) in [5, 5.41) is 27.0. The molecular weight excluding hydrogens is 958 g/mol. The highest BCUT2D eigenvalue weighted by Crippen LogP contribution is 2.29. The third kappa shape index (κ3) is 14.0. The van der Waals surface area contributed by atoms with Crippen molar-refractivity contribution < 1.29 is 38.2 Å². The number of carbonyl (C=O) groups excluding carboxylic acids is 6. The molecule has 0 aliphatic heterocycles. The summed E-state index contributed by atoms with van der Waals surface area (Å²) in [4.78, 5) is 78.3. The van der Waals surface area contributed by atoms with Crippen molar-refractivity contribution in [1.29, 1.82) is 0 Å². The smallest absolute Gasteiger partial charge is 0.258 e. The van der Waals surface area contributed by atoms with E-state index in [1.165, 1.54) is 68.8 Å². The standard InChI is InChI=1S/C45H39Cl5N8O8/c1-23(59)40(57-55-35-13-27(11-30(49)16-35)42(61)52-33-7-25(20-46)9-37(18-33)65-3)44(63)51-32-5-6-39(29(15-32)22-48)54-45(64)41(24(2)60)58-56-36-14-28(12-31(50)17-36)43(62)53-34-8-26(21-47)10-38(19-34)66-4/h5-19,40-41H,20-22H2,1-4H3,(H,51,63)(H,52,61)(H,53,62)(H,54,64). The zero-order chi connectivity index (χ0) is 48.1. The summed E-state index contributed by atoms with van der Waals surface area (Å²) >= 11 is 30.8. The lowest BCUT2D eigenvalue weighted by atomic mass is 10.1. The Morgan fingerprint density at radius 2 is 0.985 bits per heavy atom. The van der Waals surface area contributed by atoms with Crippen LogP contribution in [0.15, 0.2) is 111 Å². The zero-order valence-corrected chi connectivity index (χ0v) is 39.2. The predicted octanol–water partition coefficient (Wildman–Crippen LogP) is 11.1. The van der Waals surface area contributed by atoms with Gasteiger partial charge in [-0.25, -0.2) is 0 Å². The molecule has 21 heteroatoms. The quantitative estimate of drug-likeness (QED) is 0.0353. The van der Waals surface area contributed by atoms with E-state index in [4.69, 9.17) is 67.5 Å². The SMILES string of the molecule is COc1cc(CCl)cc(NC(=O)c2cc(Cl)cc(N=NC(C(C)=O)C(=O)Nc3ccc(NC(=O)C(N=Nc4cc(Cl)cc(C(=O)Nc5cc(CCl)cc(OC)c5)c4)C(C)=O)c(CCl)c3)c2)c1. The van der Waals surface area contributed by atoms with E-state index in [-0.39, 0.29) is 61.6 Å². The van der Waals surface area contributed by atoms with Crippen LogP contribution in [0.25, 0.3) is 0 Å². The number of hydrogen-bond donors (Lipinski definition) is 4. The second-order valence-electron chi connectivity index (χ2n) is 14.2. The Bertz CT molecular complexity index is 2710. The van der Waals surface area contributed by atoms with Gasteiger partial charge in [-0.15, -0.1) is 34.8 Å².